The maximum atomic E-state index is 8.81. The van der Waals surface area contributed by atoms with E-state index in [0.717, 1.165) is 12.8 Å². The number of hydrogen-bond donors (Lipinski definition) is 0. The van der Waals surface area contributed by atoms with Crippen molar-refractivity contribution in [2.24, 2.45) is 0 Å². The number of fused-ring (bicyclic) bond motifs is 1. The van der Waals surface area contributed by atoms with Gasteiger partial charge >= 0.3 is 0 Å². The zero-order valence-corrected chi connectivity index (χ0v) is 11.2. The Balaban J connectivity index is 0.000000437. The lowest BCUT2D eigenvalue weighted by atomic mass is 9.85. The van der Waals surface area contributed by atoms with Crippen molar-refractivity contribution in [1.82, 2.24) is 0 Å². The lowest BCUT2D eigenvalue weighted by Gasteiger charge is -2.24. The fourth-order valence-corrected chi connectivity index (χ4v) is 2.24. The monoisotopic (exact) mass is 231 g/mol. The van der Waals surface area contributed by atoms with E-state index in [9.17, 15) is 0 Å². The van der Waals surface area contributed by atoms with Gasteiger partial charge in [-0.3, -0.25) is 0 Å². The summed E-state index contributed by atoms with van der Waals surface area (Å²) in [6, 6.07) is 8.58. The molecular formula is C15H21NO. The van der Waals surface area contributed by atoms with E-state index < -0.39 is 0 Å². The van der Waals surface area contributed by atoms with Crippen LogP contribution in [0.4, 0.5) is 5.69 Å². The minimum atomic E-state index is 0.0899. The number of hydrogen-bond acceptors (Lipinski definition) is 2. The van der Waals surface area contributed by atoms with Gasteiger partial charge in [0, 0.05) is 23.3 Å². The summed E-state index contributed by atoms with van der Waals surface area (Å²) in [5.74, 6) is 0. The van der Waals surface area contributed by atoms with Crippen molar-refractivity contribution in [1.29, 1.82) is 0 Å². The Labute approximate surface area is 104 Å². The second-order valence-corrected chi connectivity index (χ2v) is 4.57. The third-order valence-corrected chi connectivity index (χ3v) is 3.23. The molecule has 1 aromatic rings. The lowest BCUT2D eigenvalue weighted by Crippen LogP contribution is -2.24. The number of rotatable bonds is 1. The van der Waals surface area contributed by atoms with Gasteiger partial charge in [-0.05, 0) is 25.5 Å². The van der Waals surface area contributed by atoms with Gasteiger partial charge in [0.1, 0.15) is 6.29 Å². The van der Waals surface area contributed by atoms with Gasteiger partial charge in [0.2, 0.25) is 0 Å². The number of anilines is 1. The highest BCUT2D eigenvalue weighted by atomic mass is 16.1. The number of likely N-dealkylation sites (N-methyl/N-ethyl adjacent to an activating group) is 1. The smallest absolute Gasteiger partial charge is 0.116 e. The fraction of sp³-hybridized carbons (Fsp3) is 0.400. The quantitative estimate of drug-likeness (QED) is 0.689. The van der Waals surface area contributed by atoms with Crippen LogP contribution in [0, 0.1) is 0 Å². The van der Waals surface area contributed by atoms with Crippen molar-refractivity contribution in [3.8, 4) is 0 Å². The van der Waals surface area contributed by atoms with E-state index >= 15 is 0 Å². The molecule has 0 atom stereocenters. The molecule has 1 aromatic carbocycles. The van der Waals surface area contributed by atoms with Crippen LogP contribution in [0.25, 0.3) is 0 Å². The Kier molecular flexibility index (Phi) is 4.11. The highest BCUT2D eigenvalue weighted by Crippen LogP contribution is 2.46. The van der Waals surface area contributed by atoms with Crippen LogP contribution in [0.15, 0.2) is 36.5 Å². The Bertz CT molecular complexity index is 421. The highest BCUT2D eigenvalue weighted by molar-refractivity contribution is 5.69. The second-order valence-electron chi connectivity index (χ2n) is 4.57. The maximum Gasteiger partial charge on any atom is 0.116 e. The maximum absolute atomic E-state index is 8.81. The van der Waals surface area contributed by atoms with Crippen molar-refractivity contribution < 1.29 is 4.79 Å². The average molecular weight is 231 g/mol. The summed E-state index contributed by atoms with van der Waals surface area (Å²) in [6.07, 6.45) is 0.750. The molecule has 0 radical (unpaired) electrons. The van der Waals surface area contributed by atoms with E-state index in [2.05, 4.69) is 56.5 Å². The number of carbonyl (C=O) groups is 1. The zero-order chi connectivity index (χ0) is 13.1. The molecular weight excluding hydrogens is 210 g/mol. The van der Waals surface area contributed by atoms with Crippen molar-refractivity contribution in [2.45, 2.75) is 33.1 Å². The van der Waals surface area contributed by atoms with Gasteiger partial charge in [0.25, 0.3) is 0 Å². The first-order valence-electron chi connectivity index (χ1n) is 5.96. The van der Waals surface area contributed by atoms with Crippen molar-refractivity contribution in [2.75, 3.05) is 11.4 Å². The van der Waals surface area contributed by atoms with Gasteiger partial charge in [-0.1, -0.05) is 38.6 Å². The Morgan fingerprint density at radius 2 is 1.88 bits per heavy atom. The molecule has 1 heterocycles. The van der Waals surface area contributed by atoms with E-state index in [0.29, 0.717) is 0 Å². The first-order valence-corrected chi connectivity index (χ1v) is 5.96. The van der Waals surface area contributed by atoms with Crippen LogP contribution in [0.2, 0.25) is 0 Å². The first kappa shape index (κ1) is 13.5. The zero-order valence-electron chi connectivity index (χ0n) is 11.2. The largest absolute Gasteiger partial charge is 0.345 e. The molecule has 1 aliphatic rings. The molecule has 2 rings (SSSR count). The average Bonchev–Trinajstić information content (AvgIpc) is 2.49. The molecule has 0 saturated heterocycles. The van der Waals surface area contributed by atoms with Crippen LogP contribution in [0.5, 0.6) is 0 Å². The third-order valence-electron chi connectivity index (χ3n) is 3.23. The van der Waals surface area contributed by atoms with Crippen LogP contribution in [-0.2, 0) is 10.2 Å². The molecule has 0 amide bonds. The van der Waals surface area contributed by atoms with Gasteiger partial charge in [0.05, 0.1) is 0 Å². The molecule has 0 aliphatic carbocycles. The van der Waals surface area contributed by atoms with E-state index in [-0.39, 0.29) is 5.41 Å². The number of aldehydes is 1. The topological polar surface area (TPSA) is 20.3 Å². The molecule has 0 bridgehead atoms. The van der Waals surface area contributed by atoms with Gasteiger partial charge in [0.15, 0.2) is 0 Å². The number of allylic oxidation sites excluding steroid dienone is 1. The van der Waals surface area contributed by atoms with Gasteiger partial charge in [-0.2, -0.15) is 0 Å². The Morgan fingerprint density at radius 1 is 1.35 bits per heavy atom. The molecule has 1 aliphatic heterocycles. The first-order chi connectivity index (χ1) is 8.00. The fourth-order valence-electron chi connectivity index (χ4n) is 2.24. The van der Waals surface area contributed by atoms with Crippen LogP contribution in [0.3, 0.4) is 0 Å². The molecule has 2 heteroatoms. The normalized spacial score (nSPS) is 16.0. The Morgan fingerprint density at radius 3 is 2.41 bits per heavy atom. The van der Waals surface area contributed by atoms with Gasteiger partial charge in [-0.15, -0.1) is 0 Å². The molecule has 2 nitrogen and oxygen atoms in total. The minimum Gasteiger partial charge on any atom is -0.345 e. The SMILES string of the molecule is C=C1N(CC)c2ccccc2C1(C)C.CC=O. The van der Waals surface area contributed by atoms with Gasteiger partial charge < -0.3 is 9.69 Å². The molecule has 0 saturated carbocycles. The van der Waals surface area contributed by atoms with Crippen LogP contribution >= 0.6 is 0 Å². The standard InChI is InChI=1S/C13H17N.C2H4O/c1-5-14-10(2)13(3,4)11-8-6-7-9-12(11)14;1-2-3/h6-9H,2,5H2,1,3-4H3;2H,1H3. The summed E-state index contributed by atoms with van der Waals surface area (Å²) < 4.78 is 0. The molecule has 0 N–H and O–H groups in total. The van der Waals surface area contributed by atoms with Crippen LogP contribution < -0.4 is 4.90 Å². The summed E-state index contributed by atoms with van der Waals surface area (Å²) in [5.41, 5.74) is 4.02. The van der Waals surface area contributed by atoms with E-state index in [1.54, 1.807) is 0 Å². The van der Waals surface area contributed by atoms with E-state index in [1.807, 2.05) is 0 Å². The predicted octanol–water partition coefficient (Wildman–Crippen LogP) is 3.52. The molecule has 92 valence electrons. The number of benzene rings is 1. The highest BCUT2D eigenvalue weighted by Gasteiger charge is 2.37. The Hall–Kier alpha value is -1.57. The lowest BCUT2D eigenvalue weighted by molar-refractivity contribution is -0.106. The van der Waals surface area contributed by atoms with Crippen LogP contribution in [-0.4, -0.2) is 12.8 Å². The minimum absolute atomic E-state index is 0.0899. The summed E-state index contributed by atoms with van der Waals surface area (Å²) in [6.45, 7) is 13.3. The van der Waals surface area contributed by atoms with Crippen molar-refractivity contribution in [3.05, 3.63) is 42.1 Å². The van der Waals surface area contributed by atoms with Crippen molar-refractivity contribution in [3.63, 3.8) is 0 Å². The second kappa shape index (κ2) is 5.17. The molecule has 17 heavy (non-hydrogen) atoms. The number of nitrogens with zero attached hydrogens (tertiary/aromatic N) is 1. The summed E-state index contributed by atoms with van der Waals surface area (Å²) in [7, 11) is 0. The molecule has 0 fully saturated rings. The molecule has 0 aromatic heterocycles. The summed E-state index contributed by atoms with van der Waals surface area (Å²) in [4.78, 5) is 11.1. The van der Waals surface area contributed by atoms with Gasteiger partial charge in [-0.25, -0.2) is 0 Å². The van der Waals surface area contributed by atoms with Crippen LogP contribution in [0.1, 0.15) is 33.3 Å². The molecule has 0 spiro atoms. The summed E-state index contributed by atoms with van der Waals surface area (Å²) >= 11 is 0. The predicted molar refractivity (Wildman–Crippen MR) is 73.4 cm³/mol. The van der Waals surface area contributed by atoms with E-state index in [4.69, 9.17) is 4.79 Å². The number of para-hydroxylation sites is 1. The van der Waals surface area contributed by atoms with E-state index in [1.165, 1.54) is 23.9 Å². The molecule has 0 unspecified atom stereocenters. The third kappa shape index (κ3) is 2.26. The number of carbonyl (C=O) groups excluding carboxylic acids is 1. The van der Waals surface area contributed by atoms with Crippen molar-refractivity contribution >= 4 is 12.0 Å². The summed E-state index contributed by atoms with van der Waals surface area (Å²) in [5, 5.41) is 0.